The van der Waals surface area contributed by atoms with E-state index in [-0.39, 0.29) is 11.3 Å². The Morgan fingerprint density at radius 1 is 1.04 bits per heavy atom. The molecular formula is C21H22N2O. The van der Waals surface area contributed by atoms with Crippen molar-refractivity contribution in [2.75, 3.05) is 5.32 Å². The molecule has 0 saturated heterocycles. The van der Waals surface area contributed by atoms with Gasteiger partial charge in [0.15, 0.2) is 0 Å². The SMILES string of the molecule is CC(C)(C)c1ccc(CC(=O)Nc2cnc3ccccc3c2)cc1. The van der Waals surface area contributed by atoms with Gasteiger partial charge in [-0.25, -0.2) is 0 Å². The van der Waals surface area contributed by atoms with Gasteiger partial charge in [-0.1, -0.05) is 63.2 Å². The first-order chi connectivity index (χ1) is 11.4. The highest BCUT2D eigenvalue weighted by atomic mass is 16.1. The van der Waals surface area contributed by atoms with Crippen molar-refractivity contribution < 1.29 is 4.79 Å². The highest BCUT2D eigenvalue weighted by Crippen LogP contribution is 2.22. The van der Waals surface area contributed by atoms with E-state index in [1.807, 2.05) is 42.5 Å². The molecule has 122 valence electrons. The van der Waals surface area contributed by atoms with Crippen LogP contribution in [0.2, 0.25) is 0 Å². The summed E-state index contributed by atoms with van der Waals surface area (Å²) in [5, 5.41) is 3.94. The van der Waals surface area contributed by atoms with Gasteiger partial charge in [0.05, 0.1) is 23.8 Å². The van der Waals surface area contributed by atoms with Crippen LogP contribution in [-0.4, -0.2) is 10.9 Å². The van der Waals surface area contributed by atoms with Gasteiger partial charge < -0.3 is 5.32 Å². The van der Waals surface area contributed by atoms with E-state index in [0.29, 0.717) is 6.42 Å². The smallest absolute Gasteiger partial charge is 0.228 e. The molecule has 0 aliphatic rings. The summed E-state index contributed by atoms with van der Waals surface area (Å²) in [6.07, 6.45) is 2.06. The number of fused-ring (bicyclic) bond motifs is 1. The molecule has 0 bridgehead atoms. The van der Waals surface area contributed by atoms with Crippen LogP contribution >= 0.6 is 0 Å². The number of aromatic nitrogens is 1. The quantitative estimate of drug-likeness (QED) is 0.759. The average Bonchev–Trinajstić information content (AvgIpc) is 2.54. The van der Waals surface area contributed by atoms with E-state index in [9.17, 15) is 4.79 Å². The Morgan fingerprint density at radius 3 is 2.46 bits per heavy atom. The molecule has 1 amide bonds. The first-order valence-corrected chi connectivity index (χ1v) is 8.16. The topological polar surface area (TPSA) is 42.0 Å². The van der Waals surface area contributed by atoms with Crippen LogP contribution in [0.15, 0.2) is 60.8 Å². The monoisotopic (exact) mass is 318 g/mol. The lowest BCUT2D eigenvalue weighted by Crippen LogP contribution is -2.15. The number of rotatable bonds is 3. The molecular weight excluding hydrogens is 296 g/mol. The van der Waals surface area contributed by atoms with Crippen molar-refractivity contribution in [3.05, 3.63) is 71.9 Å². The van der Waals surface area contributed by atoms with Crippen LogP contribution in [0.1, 0.15) is 31.9 Å². The van der Waals surface area contributed by atoms with Crippen molar-refractivity contribution in [3.8, 4) is 0 Å². The summed E-state index contributed by atoms with van der Waals surface area (Å²) in [5.74, 6) is -0.0319. The second-order valence-corrected chi connectivity index (χ2v) is 7.09. The van der Waals surface area contributed by atoms with Gasteiger partial charge in [0.1, 0.15) is 0 Å². The lowest BCUT2D eigenvalue weighted by atomic mass is 9.86. The number of hydrogen-bond acceptors (Lipinski definition) is 2. The fraction of sp³-hybridized carbons (Fsp3) is 0.238. The Hall–Kier alpha value is -2.68. The average molecular weight is 318 g/mol. The van der Waals surface area contributed by atoms with Crippen molar-refractivity contribution in [3.63, 3.8) is 0 Å². The molecule has 1 heterocycles. The van der Waals surface area contributed by atoms with Crippen LogP contribution in [0, 0.1) is 0 Å². The summed E-state index contributed by atoms with van der Waals surface area (Å²) in [4.78, 5) is 16.6. The predicted molar refractivity (Wildman–Crippen MR) is 99.2 cm³/mol. The predicted octanol–water partition coefficient (Wildman–Crippen LogP) is 4.71. The highest BCUT2D eigenvalue weighted by Gasteiger charge is 2.13. The van der Waals surface area contributed by atoms with Gasteiger partial charge in [-0.05, 0) is 28.7 Å². The molecule has 0 saturated carbocycles. The molecule has 3 heteroatoms. The van der Waals surface area contributed by atoms with Gasteiger partial charge in [-0.3, -0.25) is 9.78 Å². The first-order valence-electron chi connectivity index (χ1n) is 8.16. The van der Waals surface area contributed by atoms with Gasteiger partial charge in [0.25, 0.3) is 0 Å². The summed E-state index contributed by atoms with van der Waals surface area (Å²) >= 11 is 0. The number of nitrogens with zero attached hydrogens (tertiary/aromatic N) is 1. The zero-order valence-corrected chi connectivity index (χ0v) is 14.3. The molecule has 2 aromatic carbocycles. The van der Waals surface area contributed by atoms with Crippen molar-refractivity contribution in [1.82, 2.24) is 4.98 Å². The third-order valence-electron chi connectivity index (χ3n) is 4.06. The molecule has 0 radical (unpaired) electrons. The molecule has 3 aromatic rings. The third-order valence-corrected chi connectivity index (χ3v) is 4.06. The first kappa shape index (κ1) is 16.2. The van der Waals surface area contributed by atoms with Crippen molar-refractivity contribution in [1.29, 1.82) is 0 Å². The largest absolute Gasteiger partial charge is 0.324 e. The minimum absolute atomic E-state index is 0.0319. The molecule has 0 atom stereocenters. The Bertz CT molecular complexity index is 861. The van der Waals surface area contributed by atoms with Crippen LogP contribution in [-0.2, 0) is 16.6 Å². The van der Waals surface area contributed by atoms with Gasteiger partial charge in [0.2, 0.25) is 5.91 Å². The number of pyridine rings is 1. The van der Waals surface area contributed by atoms with E-state index in [2.05, 4.69) is 43.2 Å². The number of anilines is 1. The van der Waals surface area contributed by atoms with Crippen molar-refractivity contribution in [2.24, 2.45) is 0 Å². The maximum Gasteiger partial charge on any atom is 0.228 e. The summed E-state index contributed by atoms with van der Waals surface area (Å²) in [6.45, 7) is 6.55. The van der Waals surface area contributed by atoms with Crippen molar-refractivity contribution >= 4 is 22.5 Å². The zero-order chi connectivity index (χ0) is 17.2. The second kappa shape index (κ2) is 6.44. The number of nitrogens with one attached hydrogen (secondary N) is 1. The standard InChI is InChI=1S/C21H22N2O/c1-21(2,3)17-10-8-15(9-11-17)12-20(24)23-18-13-16-6-4-5-7-19(16)22-14-18/h4-11,13-14H,12H2,1-3H3,(H,23,24). The van der Waals surface area contributed by atoms with Crippen LogP contribution in [0.5, 0.6) is 0 Å². The minimum atomic E-state index is -0.0319. The molecule has 3 nitrogen and oxygen atoms in total. The van der Waals surface area contributed by atoms with Gasteiger partial charge in [0, 0.05) is 5.39 Å². The van der Waals surface area contributed by atoms with Gasteiger partial charge in [-0.15, -0.1) is 0 Å². The number of amides is 1. The maximum absolute atomic E-state index is 12.3. The molecule has 0 fully saturated rings. The zero-order valence-electron chi connectivity index (χ0n) is 14.3. The lowest BCUT2D eigenvalue weighted by molar-refractivity contribution is -0.115. The molecule has 0 unspecified atom stereocenters. The number of para-hydroxylation sites is 1. The highest BCUT2D eigenvalue weighted by molar-refractivity contribution is 5.94. The molecule has 0 aliphatic heterocycles. The summed E-state index contributed by atoms with van der Waals surface area (Å²) < 4.78 is 0. The summed E-state index contributed by atoms with van der Waals surface area (Å²) in [5.41, 5.74) is 4.05. The third kappa shape index (κ3) is 3.80. The molecule has 1 aromatic heterocycles. The number of benzene rings is 2. The van der Waals surface area contributed by atoms with Gasteiger partial charge in [-0.2, -0.15) is 0 Å². The second-order valence-electron chi connectivity index (χ2n) is 7.09. The van der Waals surface area contributed by atoms with E-state index in [4.69, 9.17) is 0 Å². The van der Waals surface area contributed by atoms with Gasteiger partial charge >= 0.3 is 0 Å². The Labute approximate surface area is 142 Å². The summed E-state index contributed by atoms with van der Waals surface area (Å²) in [7, 11) is 0. The molecule has 3 rings (SSSR count). The maximum atomic E-state index is 12.3. The van der Waals surface area contributed by atoms with Crippen LogP contribution in [0.4, 0.5) is 5.69 Å². The fourth-order valence-electron chi connectivity index (χ4n) is 2.65. The Balaban J connectivity index is 1.68. The normalized spacial score (nSPS) is 11.5. The van der Waals surface area contributed by atoms with Crippen LogP contribution in [0.25, 0.3) is 10.9 Å². The van der Waals surface area contributed by atoms with E-state index in [1.54, 1.807) is 6.20 Å². The Morgan fingerprint density at radius 2 is 1.75 bits per heavy atom. The minimum Gasteiger partial charge on any atom is -0.324 e. The van der Waals surface area contributed by atoms with Crippen molar-refractivity contribution in [2.45, 2.75) is 32.6 Å². The number of carbonyl (C=O) groups is 1. The van der Waals surface area contributed by atoms with E-state index in [1.165, 1.54) is 5.56 Å². The molecule has 1 N–H and O–H groups in total. The van der Waals surface area contributed by atoms with E-state index in [0.717, 1.165) is 22.2 Å². The summed E-state index contributed by atoms with van der Waals surface area (Å²) in [6, 6.07) is 18.1. The molecule has 0 spiro atoms. The van der Waals surface area contributed by atoms with E-state index >= 15 is 0 Å². The van der Waals surface area contributed by atoms with Crippen LogP contribution < -0.4 is 5.32 Å². The molecule has 24 heavy (non-hydrogen) atoms. The number of carbonyl (C=O) groups excluding carboxylic acids is 1. The Kier molecular flexibility index (Phi) is 4.34. The van der Waals surface area contributed by atoms with E-state index < -0.39 is 0 Å². The lowest BCUT2D eigenvalue weighted by Gasteiger charge is -2.19. The number of hydrogen-bond donors (Lipinski definition) is 1. The fourth-order valence-corrected chi connectivity index (χ4v) is 2.65. The van der Waals surface area contributed by atoms with Crippen LogP contribution in [0.3, 0.4) is 0 Å². The molecule has 0 aliphatic carbocycles.